The van der Waals surface area contributed by atoms with Crippen molar-refractivity contribution in [3.63, 3.8) is 0 Å². The molecule has 0 fully saturated rings. The Labute approximate surface area is 145 Å². The average Bonchev–Trinajstić information content (AvgIpc) is 2.50. The molecule has 0 saturated carbocycles. The zero-order chi connectivity index (χ0) is 16.8. The van der Waals surface area contributed by atoms with Gasteiger partial charge in [0, 0.05) is 11.0 Å². The van der Waals surface area contributed by atoms with Crippen LogP contribution in [0.1, 0.15) is 11.1 Å². The number of nitrogens with one attached hydrogen (secondary N) is 1. The van der Waals surface area contributed by atoms with Crippen molar-refractivity contribution >= 4 is 27.5 Å². The van der Waals surface area contributed by atoms with E-state index in [0.29, 0.717) is 13.1 Å². The summed E-state index contributed by atoms with van der Waals surface area (Å²) in [7, 11) is 3.57. The van der Waals surface area contributed by atoms with E-state index in [2.05, 4.69) is 21.2 Å². The summed E-state index contributed by atoms with van der Waals surface area (Å²) in [6.45, 7) is 3.04. The van der Waals surface area contributed by atoms with E-state index in [1.54, 1.807) is 7.11 Å². The molecule has 2 aromatic rings. The largest absolute Gasteiger partial charge is 0.497 e. The highest BCUT2D eigenvalue weighted by atomic mass is 79.9. The zero-order valence-corrected chi connectivity index (χ0v) is 15.2. The molecule has 0 aliphatic rings. The molecule has 0 bridgehead atoms. The van der Waals surface area contributed by atoms with Crippen molar-refractivity contribution in [2.75, 3.05) is 26.0 Å². The van der Waals surface area contributed by atoms with Crippen LogP contribution >= 0.6 is 15.9 Å². The van der Waals surface area contributed by atoms with Crippen LogP contribution in [0.3, 0.4) is 0 Å². The first-order valence-corrected chi connectivity index (χ1v) is 8.14. The quantitative estimate of drug-likeness (QED) is 0.832. The van der Waals surface area contributed by atoms with Crippen LogP contribution in [-0.2, 0) is 11.3 Å². The highest BCUT2D eigenvalue weighted by Gasteiger charge is 2.09. The summed E-state index contributed by atoms with van der Waals surface area (Å²) in [5.41, 5.74) is 3.07. The van der Waals surface area contributed by atoms with E-state index >= 15 is 0 Å². The number of anilines is 1. The summed E-state index contributed by atoms with van der Waals surface area (Å²) < 4.78 is 6.03. The predicted molar refractivity (Wildman–Crippen MR) is 96.8 cm³/mol. The molecule has 23 heavy (non-hydrogen) atoms. The van der Waals surface area contributed by atoms with Gasteiger partial charge in [-0.2, -0.15) is 0 Å². The minimum absolute atomic E-state index is 0.0365. The number of rotatable bonds is 6. The second-order valence-electron chi connectivity index (χ2n) is 5.55. The van der Waals surface area contributed by atoms with Crippen LogP contribution in [0, 0.1) is 6.92 Å². The Bertz CT molecular complexity index is 671. The minimum atomic E-state index is -0.0365. The monoisotopic (exact) mass is 376 g/mol. The topological polar surface area (TPSA) is 41.6 Å². The van der Waals surface area contributed by atoms with Gasteiger partial charge >= 0.3 is 0 Å². The van der Waals surface area contributed by atoms with E-state index in [0.717, 1.165) is 27.0 Å². The van der Waals surface area contributed by atoms with Gasteiger partial charge in [-0.3, -0.25) is 9.69 Å². The number of hydrogen-bond acceptors (Lipinski definition) is 3. The highest BCUT2D eigenvalue weighted by Crippen LogP contribution is 2.23. The van der Waals surface area contributed by atoms with Gasteiger partial charge in [-0.25, -0.2) is 0 Å². The van der Waals surface area contributed by atoms with Gasteiger partial charge in [-0.15, -0.1) is 0 Å². The Morgan fingerprint density at radius 1 is 1.22 bits per heavy atom. The van der Waals surface area contributed by atoms with Crippen LogP contribution in [0.2, 0.25) is 0 Å². The van der Waals surface area contributed by atoms with Crippen LogP contribution in [0.5, 0.6) is 5.75 Å². The number of hydrogen-bond donors (Lipinski definition) is 1. The van der Waals surface area contributed by atoms with E-state index in [4.69, 9.17) is 4.74 Å². The fourth-order valence-electron chi connectivity index (χ4n) is 2.25. The maximum atomic E-state index is 12.2. The molecule has 0 heterocycles. The van der Waals surface area contributed by atoms with Crippen LogP contribution in [0.15, 0.2) is 46.9 Å². The lowest BCUT2D eigenvalue weighted by molar-refractivity contribution is -0.117. The first-order valence-electron chi connectivity index (χ1n) is 7.35. The van der Waals surface area contributed by atoms with Gasteiger partial charge in [-0.1, -0.05) is 18.2 Å². The van der Waals surface area contributed by atoms with E-state index in [-0.39, 0.29) is 5.91 Å². The average molecular weight is 377 g/mol. The minimum Gasteiger partial charge on any atom is -0.497 e. The Kier molecular flexibility index (Phi) is 6.19. The summed E-state index contributed by atoms with van der Waals surface area (Å²) in [4.78, 5) is 14.1. The van der Waals surface area contributed by atoms with Crippen molar-refractivity contribution < 1.29 is 9.53 Å². The number of ether oxygens (including phenoxy) is 1. The Morgan fingerprint density at radius 2 is 1.91 bits per heavy atom. The summed E-state index contributed by atoms with van der Waals surface area (Å²) in [6.07, 6.45) is 0. The molecule has 1 amide bonds. The summed E-state index contributed by atoms with van der Waals surface area (Å²) in [5, 5.41) is 2.92. The number of carbonyl (C=O) groups excluding carboxylic acids is 1. The lowest BCUT2D eigenvalue weighted by Crippen LogP contribution is -2.29. The summed E-state index contributed by atoms with van der Waals surface area (Å²) in [6, 6.07) is 13.7. The molecular weight excluding hydrogens is 356 g/mol. The van der Waals surface area contributed by atoms with E-state index < -0.39 is 0 Å². The van der Waals surface area contributed by atoms with Crippen LogP contribution in [0.25, 0.3) is 0 Å². The van der Waals surface area contributed by atoms with E-state index in [1.165, 1.54) is 0 Å². The smallest absolute Gasteiger partial charge is 0.238 e. The lowest BCUT2D eigenvalue weighted by Gasteiger charge is -2.17. The van der Waals surface area contributed by atoms with Crippen molar-refractivity contribution in [3.8, 4) is 5.75 Å². The van der Waals surface area contributed by atoms with Crippen molar-refractivity contribution in [2.24, 2.45) is 0 Å². The third-order valence-electron chi connectivity index (χ3n) is 3.42. The first kappa shape index (κ1) is 17.5. The molecule has 2 aromatic carbocycles. The first-order chi connectivity index (χ1) is 11.0. The molecule has 4 nitrogen and oxygen atoms in total. The SMILES string of the molecule is COc1ccc(CN(C)CC(=O)Nc2ccc(C)cc2Br)cc1. The van der Waals surface area contributed by atoms with E-state index in [1.807, 2.05) is 61.3 Å². The second-order valence-corrected chi connectivity index (χ2v) is 6.41. The molecule has 0 aromatic heterocycles. The molecule has 1 N–H and O–H groups in total. The number of nitrogens with zero attached hydrogens (tertiary/aromatic N) is 1. The van der Waals surface area contributed by atoms with Gasteiger partial charge in [0.15, 0.2) is 0 Å². The maximum Gasteiger partial charge on any atom is 0.238 e. The van der Waals surface area contributed by atoms with Gasteiger partial charge in [0.25, 0.3) is 0 Å². The molecular formula is C18H21BrN2O2. The molecule has 0 aliphatic carbocycles. The van der Waals surface area contributed by atoms with Crippen LogP contribution in [-0.4, -0.2) is 31.5 Å². The number of likely N-dealkylation sites (N-methyl/N-ethyl adjacent to an activating group) is 1. The number of aryl methyl sites for hydroxylation is 1. The van der Waals surface area contributed by atoms with Gasteiger partial charge < -0.3 is 10.1 Å². The fourth-order valence-corrected chi connectivity index (χ4v) is 2.85. The molecule has 0 aliphatic heterocycles. The highest BCUT2D eigenvalue weighted by molar-refractivity contribution is 9.10. The molecule has 0 radical (unpaired) electrons. The normalized spacial score (nSPS) is 10.7. The van der Waals surface area contributed by atoms with Gasteiger partial charge in [0.05, 0.1) is 19.3 Å². The number of methoxy groups -OCH3 is 1. The standard InChI is InChI=1S/C18H21BrN2O2/c1-13-4-9-17(16(19)10-13)20-18(22)12-21(2)11-14-5-7-15(23-3)8-6-14/h4-10H,11-12H2,1-3H3,(H,20,22). The van der Waals surface area contributed by atoms with E-state index in [9.17, 15) is 4.79 Å². The number of benzene rings is 2. The fraction of sp³-hybridized carbons (Fsp3) is 0.278. The van der Waals surface area contributed by atoms with Gasteiger partial charge in [0.2, 0.25) is 5.91 Å². The Balaban J connectivity index is 1.88. The number of halogens is 1. The molecule has 0 saturated heterocycles. The summed E-state index contributed by atoms with van der Waals surface area (Å²) >= 11 is 3.47. The van der Waals surface area contributed by atoms with Crippen molar-refractivity contribution in [3.05, 3.63) is 58.1 Å². The zero-order valence-electron chi connectivity index (χ0n) is 13.6. The second kappa shape index (κ2) is 8.13. The molecule has 2 rings (SSSR count). The van der Waals surface area contributed by atoms with Crippen LogP contribution in [0.4, 0.5) is 5.69 Å². The molecule has 122 valence electrons. The van der Waals surface area contributed by atoms with Crippen molar-refractivity contribution in [1.29, 1.82) is 0 Å². The molecule has 0 spiro atoms. The van der Waals surface area contributed by atoms with Crippen molar-refractivity contribution in [1.82, 2.24) is 4.90 Å². The maximum absolute atomic E-state index is 12.2. The molecule has 0 unspecified atom stereocenters. The Hall–Kier alpha value is -1.85. The van der Waals surface area contributed by atoms with Crippen LogP contribution < -0.4 is 10.1 Å². The van der Waals surface area contributed by atoms with Gasteiger partial charge in [-0.05, 0) is 65.3 Å². The summed E-state index contributed by atoms with van der Waals surface area (Å²) in [5.74, 6) is 0.795. The molecule has 5 heteroatoms. The Morgan fingerprint density at radius 3 is 2.52 bits per heavy atom. The third kappa shape index (κ3) is 5.37. The van der Waals surface area contributed by atoms with Crippen molar-refractivity contribution in [2.45, 2.75) is 13.5 Å². The third-order valence-corrected chi connectivity index (χ3v) is 4.08. The van der Waals surface area contributed by atoms with Gasteiger partial charge in [0.1, 0.15) is 5.75 Å². The lowest BCUT2D eigenvalue weighted by atomic mass is 10.2. The predicted octanol–water partition coefficient (Wildman–Crippen LogP) is 3.84. The number of carbonyl (C=O) groups is 1. The molecule has 0 atom stereocenters. The number of amides is 1.